The van der Waals surface area contributed by atoms with Crippen molar-refractivity contribution in [1.29, 1.82) is 0 Å². The normalized spacial score (nSPS) is 35.4. The molecule has 1 aromatic carbocycles. The molecule has 1 aliphatic heterocycles. The molecule has 0 N–H and O–H groups in total. The first-order chi connectivity index (χ1) is 7.94. The van der Waals surface area contributed by atoms with Crippen molar-refractivity contribution in [2.75, 3.05) is 7.05 Å². The van der Waals surface area contributed by atoms with Crippen molar-refractivity contribution in [3.63, 3.8) is 0 Å². The Morgan fingerprint density at radius 1 is 1.12 bits per heavy atom. The van der Waals surface area contributed by atoms with Crippen LogP contribution in [0.25, 0.3) is 0 Å². The quantitative estimate of drug-likeness (QED) is 0.654. The standard InChI is InChI=1S/C16H23N/c1-15(2)9-10-16(3)11-12-7-5-6-8-13(12)14(16)17(15)4/h5-8,14H,9-11H2,1-4H3. The summed E-state index contributed by atoms with van der Waals surface area (Å²) < 4.78 is 0. The van der Waals surface area contributed by atoms with Gasteiger partial charge in [-0.2, -0.15) is 0 Å². The van der Waals surface area contributed by atoms with Crippen LogP contribution in [0.3, 0.4) is 0 Å². The van der Waals surface area contributed by atoms with Gasteiger partial charge < -0.3 is 0 Å². The van der Waals surface area contributed by atoms with Crippen molar-refractivity contribution in [2.45, 2.75) is 51.6 Å². The van der Waals surface area contributed by atoms with Gasteiger partial charge in [-0.1, -0.05) is 31.2 Å². The number of hydrogen-bond donors (Lipinski definition) is 0. The molecule has 2 aliphatic rings. The smallest absolute Gasteiger partial charge is 0.0409 e. The number of nitrogens with zero attached hydrogens (tertiary/aromatic N) is 1. The third-order valence-electron chi connectivity index (χ3n) is 5.25. The lowest BCUT2D eigenvalue weighted by molar-refractivity contribution is -0.0299. The molecule has 1 fully saturated rings. The van der Waals surface area contributed by atoms with E-state index >= 15 is 0 Å². The van der Waals surface area contributed by atoms with Gasteiger partial charge in [0.15, 0.2) is 0 Å². The predicted octanol–water partition coefficient (Wildman–Crippen LogP) is 3.79. The molecule has 1 heterocycles. The second-order valence-electron chi connectivity index (χ2n) is 6.86. The highest BCUT2D eigenvalue weighted by atomic mass is 15.2. The maximum atomic E-state index is 2.61. The molecule has 0 spiro atoms. The van der Waals surface area contributed by atoms with Crippen LogP contribution in [-0.2, 0) is 6.42 Å². The van der Waals surface area contributed by atoms with Crippen LogP contribution < -0.4 is 0 Å². The van der Waals surface area contributed by atoms with E-state index in [9.17, 15) is 0 Å². The molecular weight excluding hydrogens is 206 g/mol. The van der Waals surface area contributed by atoms with Gasteiger partial charge in [0.1, 0.15) is 0 Å². The minimum Gasteiger partial charge on any atom is -0.294 e. The molecule has 2 unspecified atom stereocenters. The first kappa shape index (κ1) is 11.3. The number of hydrogen-bond acceptors (Lipinski definition) is 1. The fourth-order valence-corrected chi connectivity index (χ4v) is 3.89. The van der Waals surface area contributed by atoms with Gasteiger partial charge >= 0.3 is 0 Å². The maximum Gasteiger partial charge on any atom is 0.0409 e. The molecule has 0 saturated carbocycles. The predicted molar refractivity (Wildman–Crippen MR) is 72.1 cm³/mol. The molecular formula is C16H23N. The van der Waals surface area contributed by atoms with Gasteiger partial charge in [-0.3, -0.25) is 4.90 Å². The van der Waals surface area contributed by atoms with Crippen molar-refractivity contribution in [1.82, 2.24) is 4.90 Å². The lowest BCUT2D eigenvalue weighted by Crippen LogP contribution is -2.52. The van der Waals surface area contributed by atoms with Crippen LogP contribution in [0.1, 0.15) is 50.8 Å². The van der Waals surface area contributed by atoms with Crippen molar-refractivity contribution >= 4 is 0 Å². The van der Waals surface area contributed by atoms with Gasteiger partial charge in [0.2, 0.25) is 0 Å². The van der Waals surface area contributed by atoms with E-state index in [-0.39, 0.29) is 0 Å². The van der Waals surface area contributed by atoms with Gasteiger partial charge in [0.05, 0.1) is 0 Å². The van der Waals surface area contributed by atoms with E-state index in [0.29, 0.717) is 17.0 Å². The minimum atomic E-state index is 0.335. The number of rotatable bonds is 0. The van der Waals surface area contributed by atoms with Crippen LogP contribution >= 0.6 is 0 Å². The molecule has 1 saturated heterocycles. The third-order valence-corrected chi connectivity index (χ3v) is 5.25. The van der Waals surface area contributed by atoms with Gasteiger partial charge in [0, 0.05) is 11.6 Å². The molecule has 1 heteroatoms. The van der Waals surface area contributed by atoms with Crippen LogP contribution in [0, 0.1) is 5.41 Å². The van der Waals surface area contributed by atoms with E-state index in [4.69, 9.17) is 0 Å². The molecule has 0 amide bonds. The van der Waals surface area contributed by atoms with E-state index in [2.05, 4.69) is 57.0 Å². The number of fused-ring (bicyclic) bond motifs is 3. The van der Waals surface area contributed by atoms with Crippen LogP contribution in [0.5, 0.6) is 0 Å². The topological polar surface area (TPSA) is 3.24 Å². The molecule has 2 atom stereocenters. The second-order valence-corrected chi connectivity index (χ2v) is 6.86. The largest absolute Gasteiger partial charge is 0.294 e. The minimum absolute atomic E-state index is 0.335. The molecule has 1 aliphatic carbocycles. The third kappa shape index (κ3) is 1.48. The zero-order valence-electron chi connectivity index (χ0n) is 11.5. The highest BCUT2D eigenvalue weighted by molar-refractivity contribution is 5.39. The van der Waals surface area contributed by atoms with Crippen molar-refractivity contribution in [3.05, 3.63) is 35.4 Å². The zero-order chi connectivity index (χ0) is 12.3. The summed E-state index contributed by atoms with van der Waals surface area (Å²) in [5.74, 6) is 0. The van der Waals surface area contributed by atoms with E-state index in [1.54, 1.807) is 11.1 Å². The Morgan fingerprint density at radius 3 is 2.59 bits per heavy atom. The molecule has 17 heavy (non-hydrogen) atoms. The average Bonchev–Trinajstić information content (AvgIpc) is 2.58. The Morgan fingerprint density at radius 2 is 1.82 bits per heavy atom. The summed E-state index contributed by atoms with van der Waals surface area (Å²) in [6.07, 6.45) is 3.92. The lowest BCUT2D eigenvalue weighted by Gasteiger charge is -2.52. The molecule has 0 radical (unpaired) electrons. The highest BCUT2D eigenvalue weighted by Gasteiger charge is 2.51. The average molecular weight is 229 g/mol. The SMILES string of the molecule is CN1C2c3ccccc3CC2(C)CCC1(C)C. The molecule has 0 bridgehead atoms. The summed E-state index contributed by atoms with van der Waals surface area (Å²) in [6.45, 7) is 7.24. The van der Waals surface area contributed by atoms with E-state index < -0.39 is 0 Å². The Balaban J connectivity index is 2.10. The molecule has 92 valence electrons. The Hall–Kier alpha value is -0.820. The first-order valence-electron chi connectivity index (χ1n) is 6.75. The number of benzene rings is 1. The summed E-state index contributed by atoms with van der Waals surface area (Å²) in [7, 11) is 2.31. The zero-order valence-corrected chi connectivity index (χ0v) is 11.5. The van der Waals surface area contributed by atoms with E-state index in [1.807, 2.05) is 0 Å². The summed E-state index contributed by atoms with van der Waals surface area (Å²) in [6, 6.07) is 9.65. The first-order valence-corrected chi connectivity index (χ1v) is 6.75. The van der Waals surface area contributed by atoms with Gasteiger partial charge in [0.25, 0.3) is 0 Å². The lowest BCUT2D eigenvalue weighted by atomic mass is 9.70. The Kier molecular flexibility index (Phi) is 2.22. The number of likely N-dealkylation sites (tertiary alicyclic amines) is 1. The van der Waals surface area contributed by atoms with E-state index in [0.717, 1.165) is 0 Å². The fourth-order valence-electron chi connectivity index (χ4n) is 3.89. The Bertz CT molecular complexity index is 449. The fraction of sp³-hybridized carbons (Fsp3) is 0.625. The monoisotopic (exact) mass is 229 g/mol. The maximum absolute atomic E-state index is 2.61. The van der Waals surface area contributed by atoms with Crippen LogP contribution in [0.2, 0.25) is 0 Å². The van der Waals surface area contributed by atoms with Crippen molar-refractivity contribution in [3.8, 4) is 0 Å². The van der Waals surface area contributed by atoms with E-state index in [1.165, 1.54) is 19.3 Å². The van der Waals surface area contributed by atoms with Gasteiger partial charge in [-0.05, 0) is 56.7 Å². The summed E-state index contributed by atoms with van der Waals surface area (Å²) in [5.41, 5.74) is 3.94. The molecule has 1 aromatic rings. The van der Waals surface area contributed by atoms with Crippen LogP contribution in [0.15, 0.2) is 24.3 Å². The summed E-state index contributed by atoms with van der Waals surface area (Å²) in [5, 5.41) is 0. The Labute approximate surface area is 105 Å². The molecule has 1 nitrogen and oxygen atoms in total. The van der Waals surface area contributed by atoms with Crippen LogP contribution in [0.4, 0.5) is 0 Å². The molecule has 3 rings (SSSR count). The van der Waals surface area contributed by atoms with Crippen molar-refractivity contribution < 1.29 is 0 Å². The van der Waals surface area contributed by atoms with Crippen molar-refractivity contribution in [2.24, 2.45) is 5.41 Å². The molecule has 0 aromatic heterocycles. The summed E-state index contributed by atoms with van der Waals surface area (Å²) in [4.78, 5) is 2.61. The highest BCUT2D eigenvalue weighted by Crippen LogP contribution is 2.56. The second kappa shape index (κ2) is 3.35. The summed E-state index contributed by atoms with van der Waals surface area (Å²) >= 11 is 0. The van der Waals surface area contributed by atoms with Crippen LogP contribution in [-0.4, -0.2) is 17.5 Å². The van der Waals surface area contributed by atoms with Gasteiger partial charge in [-0.25, -0.2) is 0 Å². The van der Waals surface area contributed by atoms with Gasteiger partial charge in [-0.15, -0.1) is 0 Å². The number of piperidine rings is 1.